The smallest absolute Gasteiger partial charge is 0.267 e. The molecule has 0 fully saturated rings. The molecule has 3 aromatic rings. The Morgan fingerprint density at radius 1 is 1.06 bits per heavy atom. The van der Waals surface area contributed by atoms with Crippen molar-refractivity contribution in [2.75, 3.05) is 0 Å². The number of nitrogens with one attached hydrogen (secondary N) is 2. The van der Waals surface area contributed by atoms with Crippen LogP contribution < -0.4 is 11.1 Å². The Bertz CT molecular complexity index is 785. The normalized spacial score (nSPS) is 10.8. The van der Waals surface area contributed by atoms with Crippen LogP contribution >= 0.6 is 0 Å². The summed E-state index contributed by atoms with van der Waals surface area (Å²) in [5.41, 5.74) is -0.162. The minimum atomic E-state index is -0.374. The number of fused-ring (bicyclic) bond motifs is 1. The van der Waals surface area contributed by atoms with E-state index in [1.807, 2.05) is 0 Å². The number of nitrogens with zero attached hydrogens (tertiary/aromatic N) is 4. The molecule has 0 amide bonds. The molecule has 0 saturated heterocycles. The molecule has 0 aliphatic rings. The molecule has 0 spiro atoms. The second kappa shape index (κ2) is 3.37. The van der Waals surface area contributed by atoms with Gasteiger partial charge in [-0.25, -0.2) is 0 Å². The molecule has 84 valence electrons. The fourth-order valence-corrected chi connectivity index (χ4v) is 1.58. The Morgan fingerprint density at radius 3 is 2.53 bits per heavy atom. The van der Waals surface area contributed by atoms with Gasteiger partial charge in [0, 0.05) is 0 Å². The highest BCUT2D eigenvalue weighted by atomic mass is 16.1. The fraction of sp³-hybridized carbons (Fsp3) is 0. The number of tetrazole rings is 1. The molecule has 0 saturated carbocycles. The summed E-state index contributed by atoms with van der Waals surface area (Å²) in [7, 11) is 0. The minimum Gasteiger partial charge on any atom is -0.267 e. The van der Waals surface area contributed by atoms with Crippen molar-refractivity contribution in [3.63, 3.8) is 0 Å². The molecule has 3 rings (SSSR count). The molecule has 2 aromatic heterocycles. The lowest BCUT2D eigenvalue weighted by molar-refractivity contribution is 0.720. The number of benzene rings is 1. The monoisotopic (exact) mass is 230 g/mol. The van der Waals surface area contributed by atoms with Gasteiger partial charge >= 0.3 is 0 Å². The van der Waals surface area contributed by atoms with Crippen LogP contribution in [-0.2, 0) is 0 Å². The average molecular weight is 230 g/mol. The van der Waals surface area contributed by atoms with Crippen LogP contribution in [0, 0.1) is 0 Å². The summed E-state index contributed by atoms with van der Waals surface area (Å²) in [5, 5.41) is 16.2. The van der Waals surface area contributed by atoms with E-state index in [1.165, 1.54) is 17.2 Å². The van der Waals surface area contributed by atoms with Crippen LogP contribution in [0.2, 0.25) is 0 Å². The molecule has 2 N–H and O–H groups in total. The average Bonchev–Trinajstić information content (AvgIpc) is 2.87. The first-order chi connectivity index (χ1) is 8.25. The second-order valence-corrected chi connectivity index (χ2v) is 3.36. The lowest BCUT2D eigenvalue weighted by Gasteiger charge is -2.00. The fourth-order valence-electron chi connectivity index (χ4n) is 1.58. The zero-order valence-corrected chi connectivity index (χ0v) is 8.41. The largest absolute Gasteiger partial charge is 0.270 e. The van der Waals surface area contributed by atoms with Crippen molar-refractivity contribution in [1.82, 2.24) is 30.4 Å². The summed E-state index contributed by atoms with van der Waals surface area (Å²) < 4.78 is 0. The predicted octanol–water partition coefficient (Wildman–Crippen LogP) is -0.808. The van der Waals surface area contributed by atoms with Gasteiger partial charge in [-0.05, 0) is 23.4 Å². The van der Waals surface area contributed by atoms with Crippen molar-refractivity contribution in [1.29, 1.82) is 0 Å². The molecule has 0 aliphatic carbocycles. The Hall–Kier alpha value is -2.77. The summed E-state index contributed by atoms with van der Waals surface area (Å²) in [4.78, 5) is 24.3. The topological polar surface area (TPSA) is 109 Å². The third kappa shape index (κ3) is 1.42. The molecular weight excluding hydrogens is 224 g/mol. The molecule has 8 nitrogen and oxygen atoms in total. The van der Waals surface area contributed by atoms with E-state index in [0.29, 0.717) is 11.1 Å². The van der Waals surface area contributed by atoms with Crippen molar-refractivity contribution >= 4 is 10.8 Å². The number of hydrogen-bond donors (Lipinski definition) is 2. The summed E-state index contributed by atoms with van der Waals surface area (Å²) >= 11 is 0. The predicted molar refractivity (Wildman–Crippen MR) is 57.9 cm³/mol. The van der Waals surface area contributed by atoms with Crippen LogP contribution in [0.5, 0.6) is 0 Å². The van der Waals surface area contributed by atoms with E-state index in [9.17, 15) is 9.59 Å². The van der Waals surface area contributed by atoms with Crippen LogP contribution in [0.3, 0.4) is 0 Å². The van der Waals surface area contributed by atoms with Gasteiger partial charge in [0.25, 0.3) is 11.1 Å². The van der Waals surface area contributed by atoms with Crippen molar-refractivity contribution in [2.45, 2.75) is 0 Å². The molecule has 0 atom stereocenters. The molecule has 2 heterocycles. The van der Waals surface area contributed by atoms with E-state index in [0.717, 1.165) is 0 Å². The summed E-state index contributed by atoms with van der Waals surface area (Å²) in [6, 6.07) is 4.71. The molecule has 8 heteroatoms. The molecule has 17 heavy (non-hydrogen) atoms. The molecule has 0 radical (unpaired) electrons. The summed E-state index contributed by atoms with van der Waals surface area (Å²) in [5.74, 6) is 0. The maximum atomic E-state index is 11.6. The highest BCUT2D eigenvalue weighted by molar-refractivity contribution is 5.82. The maximum absolute atomic E-state index is 11.6. The number of aromatic nitrogens is 6. The van der Waals surface area contributed by atoms with E-state index in [1.54, 1.807) is 12.1 Å². The quantitative estimate of drug-likeness (QED) is 0.568. The Balaban J connectivity index is 2.37. The molecule has 0 aliphatic heterocycles. The highest BCUT2D eigenvalue weighted by Gasteiger charge is 2.05. The Labute approximate surface area is 92.9 Å². The lowest BCUT2D eigenvalue weighted by Crippen LogP contribution is -2.19. The van der Waals surface area contributed by atoms with Gasteiger partial charge in [-0.1, -0.05) is 0 Å². The van der Waals surface area contributed by atoms with Crippen LogP contribution in [0.1, 0.15) is 0 Å². The molecular formula is C9H6N6O2. The van der Waals surface area contributed by atoms with Crippen LogP contribution in [-0.4, -0.2) is 30.4 Å². The van der Waals surface area contributed by atoms with Gasteiger partial charge in [-0.15, -0.1) is 15.0 Å². The van der Waals surface area contributed by atoms with Crippen molar-refractivity contribution in [2.24, 2.45) is 0 Å². The van der Waals surface area contributed by atoms with Crippen molar-refractivity contribution in [3.8, 4) is 5.69 Å². The Kier molecular flexibility index (Phi) is 1.87. The van der Waals surface area contributed by atoms with Crippen LogP contribution in [0.4, 0.5) is 0 Å². The summed E-state index contributed by atoms with van der Waals surface area (Å²) in [6.07, 6.45) is 1.28. The third-order valence-electron chi connectivity index (χ3n) is 2.36. The molecule has 1 aromatic carbocycles. The Morgan fingerprint density at radius 2 is 1.82 bits per heavy atom. The van der Waals surface area contributed by atoms with Crippen LogP contribution in [0.25, 0.3) is 16.5 Å². The zero-order chi connectivity index (χ0) is 11.8. The van der Waals surface area contributed by atoms with Gasteiger partial charge in [-0.3, -0.25) is 19.8 Å². The van der Waals surface area contributed by atoms with Gasteiger partial charge < -0.3 is 0 Å². The van der Waals surface area contributed by atoms with Crippen LogP contribution in [0.15, 0.2) is 34.1 Å². The van der Waals surface area contributed by atoms with E-state index in [-0.39, 0.29) is 16.5 Å². The van der Waals surface area contributed by atoms with Gasteiger partial charge in [0.05, 0.1) is 16.5 Å². The molecule has 0 bridgehead atoms. The number of aromatic amines is 2. The van der Waals surface area contributed by atoms with Gasteiger partial charge in [-0.2, -0.15) is 0 Å². The second-order valence-electron chi connectivity index (χ2n) is 3.36. The summed E-state index contributed by atoms with van der Waals surface area (Å²) in [6.45, 7) is 0. The van der Waals surface area contributed by atoms with Gasteiger partial charge in [0.2, 0.25) is 0 Å². The number of H-pyrrole nitrogens is 2. The first kappa shape index (κ1) is 9.46. The highest BCUT2D eigenvalue weighted by Crippen LogP contribution is 2.10. The number of hydrogen-bond acceptors (Lipinski definition) is 5. The molecule has 0 unspecified atom stereocenters. The first-order valence-electron chi connectivity index (χ1n) is 4.74. The van der Waals surface area contributed by atoms with E-state index in [4.69, 9.17) is 0 Å². The zero-order valence-electron chi connectivity index (χ0n) is 8.41. The van der Waals surface area contributed by atoms with E-state index < -0.39 is 0 Å². The van der Waals surface area contributed by atoms with E-state index >= 15 is 0 Å². The van der Waals surface area contributed by atoms with E-state index in [2.05, 4.69) is 25.6 Å². The number of rotatable bonds is 1. The van der Waals surface area contributed by atoms with Gasteiger partial charge in [0.1, 0.15) is 0 Å². The SMILES string of the molecule is O=c1[nH][nH]c(=O)c2cc(-n3ncnn3)ccc12. The first-order valence-corrected chi connectivity index (χ1v) is 4.74. The minimum absolute atomic E-state index is 0.281. The standard InChI is InChI=1S/C9H6N6O2/c16-8-6-2-1-5(15-11-4-10-14-15)3-7(6)9(17)13-12-8/h1-4H,(H,12,16)(H,13,17). The maximum Gasteiger partial charge on any atom is 0.270 e. The lowest BCUT2D eigenvalue weighted by atomic mass is 10.2. The third-order valence-corrected chi connectivity index (χ3v) is 2.36. The van der Waals surface area contributed by atoms with Crippen molar-refractivity contribution < 1.29 is 0 Å². The van der Waals surface area contributed by atoms with Gasteiger partial charge in [0.15, 0.2) is 6.33 Å². The van der Waals surface area contributed by atoms with Crippen molar-refractivity contribution in [3.05, 3.63) is 45.2 Å².